The number of nitrogens with one attached hydrogen (secondary N) is 1. The Balaban J connectivity index is 1.70. The van der Waals surface area contributed by atoms with Crippen molar-refractivity contribution in [2.75, 3.05) is 4.90 Å². The maximum atomic E-state index is 12.3. The molecule has 0 saturated carbocycles. The van der Waals surface area contributed by atoms with Gasteiger partial charge in [-0.15, -0.1) is 0 Å². The molecule has 0 spiro atoms. The lowest BCUT2D eigenvalue weighted by molar-refractivity contribution is -0.116. The number of aromatic nitrogens is 4. The molecule has 0 aliphatic carbocycles. The zero-order chi connectivity index (χ0) is 19.3. The molecule has 4 aromatic rings. The molecule has 4 rings (SSSR count). The van der Waals surface area contributed by atoms with Crippen molar-refractivity contribution < 1.29 is 4.79 Å². The first kappa shape index (κ1) is 17.6. The SMILES string of the molecule is CC(=O)N(Cc1ccccc1)c1nccc(-c2cn[nH]c2-c2ccccc2)n1. The number of aromatic amines is 1. The van der Waals surface area contributed by atoms with E-state index < -0.39 is 0 Å². The number of hydrogen-bond donors (Lipinski definition) is 1. The van der Waals surface area contributed by atoms with E-state index in [4.69, 9.17) is 0 Å². The summed E-state index contributed by atoms with van der Waals surface area (Å²) >= 11 is 0. The molecule has 2 aromatic carbocycles. The highest BCUT2D eigenvalue weighted by atomic mass is 16.2. The number of carbonyl (C=O) groups excluding carboxylic acids is 1. The van der Waals surface area contributed by atoms with E-state index in [1.165, 1.54) is 6.92 Å². The van der Waals surface area contributed by atoms with Crippen LogP contribution >= 0.6 is 0 Å². The van der Waals surface area contributed by atoms with E-state index in [0.29, 0.717) is 18.2 Å². The predicted molar refractivity (Wildman–Crippen MR) is 108 cm³/mol. The fourth-order valence-corrected chi connectivity index (χ4v) is 3.02. The van der Waals surface area contributed by atoms with E-state index in [0.717, 1.165) is 22.4 Å². The second kappa shape index (κ2) is 7.84. The Morgan fingerprint density at radius 3 is 2.43 bits per heavy atom. The topological polar surface area (TPSA) is 74.8 Å². The summed E-state index contributed by atoms with van der Waals surface area (Å²) in [7, 11) is 0. The molecule has 0 fully saturated rings. The maximum Gasteiger partial charge on any atom is 0.232 e. The molecule has 0 radical (unpaired) electrons. The Labute approximate surface area is 162 Å². The molecular formula is C22H19N5O. The van der Waals surface area contributed by atoms with Crippen LogP contribution in [0.3, 0.4) is 0 Å². The summed E-state index contributed by atoms with van der Waals surface area (Å²) in [6.07, 6.45) is 3.41. The molecule has 0 atom stereocenters. The van der Waals surface area contributed by atoms with Crippen LogP contribution in [0.5, 0.6) is 0 Å². The van der Waals surface area contributed by atoms with Gasteiger partial charge in [0.15, 0.2) is 0 Å². The lowest BCUT2D eigenvalue weighted by Gasteiger charge is -2.19. The van der Waals surface area contributed by atoms with Crippen molar-refractivity contribution in [2.24, 2.45) is 0 Å². The molecular weight excluding hydrogens is 350 g/mol. The Kier molecular flexibility index (Phi) is 4.93. The summed E-state index contributed by atoms with van der Waals surface area (Å²) in [4.78, 5) is 22.8. The summed E-state index contributed by atoms with van der Waals surface area (Å²) in [6, 6.07) is 21.6. The van der Waals surface area contributed by atoms with Gasteiger partial charge in [-0.25, -0.2) is 9.97 Å². The zero-order valence-electron chi connectivity index (χ0n) is 15.4. The number of carbonyl (C=O) groups is 1. The van der Waals surface area contributed by atoms with Crippen LogP contribution in [0, 0.1) is 0 Å². The average molecular weight is 369 g/mol. The first-order valence-corrected chi connectivity index (χ1v) is 8.96. The number of nitrogens with zero attached hydrogens (tertiary/aromatic N) is 4. The van der Waals surface area contributed by atoms with Gasteiger partial charge in [0.25, 0.3) is 0 Å². The monoisotopic (exact) mass is 369 g/mol. The Morgan fingerprint density at radius 2 is 1.71 bits per heavy atom. The summed E-state index contributed by atoms with van der Waals surface area (Å²) in [5.74, 6) is 0.255. The third-order valence-electron chi connectivity index (χ3n) is 4.43. The van der Waals surface area contributed by atoms with Gasteiger partial charge in [-0.3, -0.25) is 14.8 Å². The number of rotatable bonds is 5. The third kappa shape index (κ3) is 3.66. The second-order valence-corrected chi connectivity index (χ2v) is 6.36. The number of H-pyrrole nitrogens is 1. The van der Waals surface area contributed by atoms with Crippen molar-refractivity contribution in [1.29, 1.82) is 0 Å². The molecule has 2 heterocycles. The molecule has 0 saturated heterocycles. The quantitative estimate of drug-likeness (QED) is 0.575. The molecule has 28 heavy (non-hydrogen) atoms. The normalized spacial score (nSPS) is 10.6. The minimum absolute atomic E-state index is 0.114. The van der Waals surface area contributed by atoms with Gasteiger partial charge in [0, 0.05) is 24.2 Å². The van der Waals surface area contributed by atoms with Gasteiger partial charge >= 0.3 is 0 Å². The van der Waals surface area contributed by atoms with Crippen molar-refractivity contribution >= 4 is 11.9 Å². The Morgan fingerprint density at radius 1 is 1.00 bits per heavy atom. The minimum Gasteiger partial charge on any atom is -0.277 e. The van der Waals surface area contributed by atoms with Crippen molar-refractivity contribution in [3.63, 3.8) is 0 Å². The van der Waals surface area contributed by atoms with Crippen LogP contribution in [0.15, 0.2) is 79.1 Å². The molecule has 6 nitrogen and oxygen atoms in total. The molecule has 6 heteroatoms. The highest BCUT2D eigenvalue weighted by molar-refractivity contribution is 5.90. The lowest BCUT2D eigenvalue weighted by atomic mass is 10.1. The molecule has 0 aliphatic rings. The summed E-state index contributed by atoms with van der Waals surface area (Å²) in [6.45, 7) is 1.93. The molecule has 0 aliphatic heterocycles. The van der Waals surface area contributed by atoms with Crippen molar-refractivity contribution in [3.8, 4) is 22.5 Å². The van der Waals surface area contributed by atoms with Crippen molar-refractivity contribution in [3.05, 3.63) is 84.7 Å². The summed E-state index contributed by atoms with van der Waals surface area (Å²) in [5.41, 5.74) is 4.47. The molecule has 1 N–H and O–H groups in total. The van der Waals surface area contributed by atoms with Crippen molar-refractivity contribution in [1.82, 2.24) is 20.2 Å². The van der Waals surface area contributed by atoms with Gasteiger partial charge < -0.3 is 0 Å². The highest BCUT2D eigenvalue weighted by Gasteiger charge is 2.17. The van der Waals surface area contributed by atoms with Gasteiger partial charge in [-0.1, -0.05) is 60.7 Å². The molecule has 2 aromatic heterocycles. The fraction of sp³-hybridized carbons (Fsp3) is 0.0909. The zero-order valence-corrected chi connectivity index (χ0v) is 15.4. The van der Waals surface area contributed by atoms with E-state index in [2.05, 4.69) is 20.2 Å². The van der Waals surface area contributed by atoms with E-state index in [9.17, 15) is 4.79 Å². The smallest absolute Gasteiger partial charge is 0.232 e. The summed E-state index contributed by atoms with van der Waals surface area (Å²) < 4.78 is 0. The predicted octanol–water partition coefficient (Wildman–Crippen LogP) is 4.09. The number of hydrogen-bond acceptors (Lipinski definition) is 4. The third-order valence-corrected chi connectivity index (χ3v) is 4.43. The first-order chi connectivity index (χ1) is 13.7. The van der Waals surface area contributed by atoms with Crippen LogP contribution < -0.4 is 4.90 Å². The standard InChI is InChI=1S/C22H19N5O/c1-16(28)27(15-17-8-4-2-5-9-17)22-23-13-12-20(25-22)19-14-24-26-21(19)18-10-6-3-7-11-18/h2-14H,15H2,1H3,(H,24,26). The van der Waals surface area contributed by atoms with Gasteiger partial charge in [-0.05, 0) is 11.6 Å². The first-order valence-electron chi connectivity index (χ1n) is 8.96. The van der Waals surface area contributed by atoms with Crippen LogP contribution in [-0.4, -0.2) is 26.1 Å². The second-order valence-electron chi connectivity index (χ2n) is 6.36. The van der Waals surface area contributed by atoms with E-state index in [1.54, 1.807) is 17.3 Å². The van der Waals surface area contributed by atoms with Crippen LogP contribution in [-0.2, 0) is 11.3 Å². The number of benzene rings is 2. The van der Waals surface area contributed by atoms with Crippen LogP contribution in [0.1, 0.15) is 12.5 Å². The van der Waals surface area contributed by atoms with E-state index in [1.807, 2.05) is 66.7 Å². The van der Waals surface area contributed by atoms with Gasteiger partial charge in [0.2, 0.25) is 11.9 Å². The highest BCUT2D eigenvalue weighted by Crippen LogP contribution is 2.29. The Hall–Kier alpha value is -3.80. The van der Waals surface area contributed by atoms with E-state index in [-0.39, 0.29) is 5.91 Å². The van der Waals surface area contributed by atoms with Crippen LogP contribution in [0.25, 0.3) is 22.5 Å². The minimum atomic E-state index is -0.114. The molecule has 138 valence electrons. The van der Waals surface area contributed by atoms with Gasteiger partial charge in [0.05, 0.1) is 24.1 Å². The van der Waals surface area contributed by atoms with Crippen LogP contribution in [0.2, 0.25) is 0 Å². The van der Waals surface area contributed by atoms with Gasteiger partial charge in [0.1, 0.15) is 0 Å². The number of amides is 1. The molecule has 0 unspecified atom stereocenters. The maximum absolute atomic E-state index is 12.3. The Bertz CT molecular complexity index is 1080. The van der Waals surface area contributed by atoms with E-state index >= 15 is 0 Å². The van der Waals surface area contributed by atoms with Crippen molar-refractivity contribution in [2.45, 2.75) is 13.5 Å². The number of anilines is 1. The molecule has 0 bridgehead atoms. The fourth-order valence-electron chi connectivity index (χ4n) is 3.02. The average Bonchev–Trinajstić information content (AvgIpc) is 3.23. The summed E-state index contributed by atoms with van der Waals surface area (Å²) in [5, 5.41) is 7.23. The largest absolute Gasteiger partial charge is 0.277 e. The lowest BCUT2D eigenvalue weighted by Crippen LogP contribution is -2.29. The van der Waals surface area contributed by atoms with Crippen LogP contribution in [0.4, 0.5) is 5.95 Å². The van der Waals surface area contributed by atoms with Gasteiger partial charge in [-0.2, -0.15) is 5.10 Å². The molecule has 1 amide bonds.